The highest BCUT2D eigenvalue weighted by molar-refractivity contribution is 5.78. The fourth-order valence-corrected chi connectivity index (χ4v) is 1.42. The van der Waals surface area contributed by atoms with Crippen molar-refractivity contribution < 1.29 is 9.18 Å². The molecule has 2 rings (SSSR count). The summed E-state index contributed by atoms with van der Waals surface area (Å²) < 4.78 is 14.9. The summed E-state index contributed by atoms with van der Waals surface area (Å²) in [6.07, 6.45) is 3.94. The Morgan fingerprint density at radius 2 is 2.27 bits per heavy atom. The first-order valence-electron chi connectivity index (χ1n) is 4.45. The molecule has 0 saturated heterocycles. The Kier molecular flexibility index (Phi) is 2.33. The molecule has 0 amide bonds. The second kappa shape index (κ2) is 3.65. The van der Waals surface area contributed by atoms with Crippen molar-refractivity contribution >= 4 is 6.29 Å². The number of aldehydes is 1. The Labute approximate surface area is 86.2 Å². The average Bonchev–Trinajstić information content (AvgIpc) is 2.65. The zero-order chi connectivity index (χ0) is 10.8. The highest BCUT2D eigenvalue weighted by Crippen LogP contribution is 2.19. The standard InChI is InChI=1S/C11H9FN2O/c1-14-5-4-13-11(14)8-2-3-10(12)9(6-8)7-15/h2-7H,1H3. The van der Waals surface area contributed by atoms with E-state index >= 15 is 0 Å². The van der Waals surface area contributed by atoms with Crippen LogP contribution in [0.1, 0.15) is 10.4 Å². The molecule has 3 nitrogen and oxygen atoms in total. The van der Waals surface area contributed by atoms with Gasteiger partial charge in [0.25, 0.3) is 0 Å². The molecule has 0 N–H and O–H groups in total. The van der Waals surface area contributed by atoms with Crippen molar-refractivity contribution in [1.29, 1.82) is 0 Å². The van der Waals surface area contributed by atoms with Crippen LogP contribution >= 0.6 is 0 Å². The molecule has 0 aliphatic heterocycles. The van der Waals surface area contributed by atoms with Gasteiger partial charge in [0.1, 0.15) is 11.6 Å². The van der Waals surface area contributed by atoms with E-state index in [0.717, 1.165) is 5.56 Å². The van der Waals surface area contributed by atoms with E-state index < -0.39 is 5.82 Å². The van der Waals surface area contributed by atoms with Gasteiger partial charge in [0, 0.05) is 25.0 Å². The molecule has 0 unspecified atom stereocenters. The lowest BCUT2D eigenvalue weighted by Gasteiger charge is -2.02. The minimum absolute atomic E-state index is 0.0514. The summed E-state index contributed by atoms with van der Waals surface area (Å²) in [6.45, 7) is 0. The number of nitrogens with zero attached hydrogens (tertiary/aromatic N) is 2. The molecule has 0 aliphatic carbocycles. The summed E-state index contributed by atoms with van der Waals surface area (Å²) in [4.78, 5) is 14.7. The number of imidazole rings is 1. The molecule has 0 bridgehead atoms. The highest BCUT2D eigenvalue weighted by Gasteiger charge is 2.07. The van der Waals surface area contributed by atoms with Crippen molar-refractivity contribution in [2.24, 2.45) is 7.05 Å². The maximum atomic E-state index is 13.1. The van der Waals surface area contributed by atoms with Crippen molar-refractivity contribution in [3.63, 3.8) is 0 Å². The van der Waals surface area contributed by atoms with Crippen molar-refractivity contribution in [1.82, 2.24) is 9.55 Å². The third-order valence-corrected chi connectivity index (χ3v) is 2.20. The largest absolute Gasteiger partial charge is 0.334 e. The molecule has 0 spiro atoms. The van der Waals surface area contributed by atoms with E-state index in [9.17, 15) is 9.18 Å². The van der Waals surface area contributed by atoms with Crippen molar-refractivity contribution in [2.45, 2.75) is 0 Å². The Hall–Kier alpha value is -1.97. The van der Waals surface area contributed by atoms with Gasteiger partial charge < -0.3 is 4.57 Å². The SMILES string of the molecule is Cn1ccnc1-c1ccc(F)c(C=O)c1. The Balaban J connectivity index is 2.55. The number of hydrogen-bond donors (Lipinski definition) is 0. The predicted octanol–water partition coefficient (Wildman–Crippen LogP) is 2.04. The van der Waals surface area contributed by atoms with Gasteiger partial charge in [-0.15, -0.1) is 0 Å². The second-order valence-corrected chi connectivity index (χ2v) is 3.22. The number of aryl methyl sites for hydroxylation is 1. The molecule has 0 aliphatic rings. The Morgan fingerprint density at radius 1 is 1.47 bits per heavy atom. The number of carbonyl (C=O) groups is 1. The van der Waals surface area contributed by atoms with Gasteiger partial charge in [0.05, 0.1) is 5.56 Å². The number of benzene rings is 1. The van der Waals surface area contributed by atoms with Gasteiger partial charge in [-0.25, -0.2) is 9.37 Å². The molecule has 0 fully saturated rings. The van der Waals surface area contributed by atoms with Gasteiger partial charge >= 0.3 is 0 Å². The fraction of sp³-hybridized carbons (Fsp3) is 0.0909. The van der Waals surface area contributed by atoms with Gasteiger partial charge in [-0.3, -0.25) is 4.79 Å². The van der Waals surface area contributed by atoms with Crippen LogP contribution in [0.25, 0.3) is 11.4 Å². The summed E-state index contributed by atoms with van der Waals surface area (Å²) in [7, 11) is 1.84. The molecule has 0 atom stereocenters. The van der Waals surface area contributed by atoms with Crippen LogP contribution in [0.15, 0.2) is 30.6 Å². The van der Waals surface area contributed by atoms with Gasteiger partial charge in [-0.2, -0.15) is 0 Å². The molecular weight excluding hydrogens is 195 g/mol. The van der Waals surface area contributed by atoms with Crippen LogP contribution in [0, 0.1) is 5.82 Å². The number of hydrogen-bond acceptors (Lipinski definition) is 2. The average molecular weight is 204 g/mol. The molecule has 1 aromatic heterocycles. The number of rotatable bonds is 2. The lowest BCUT2D eigenvalue weighted by molar-refractivity contribution is 0.112. The van der Waals surface area contributed by atoms with Crippen LogP contribution < -0.4 is 0 Å². The summed E-state index contributed by atoms with van der Waals surface area (Å²) in [6, 6.07) is 4.36. The molecule has 15 heavy (non-hydrogen) atoms. The highest BCUT2D eigenvalue weighted by atomic mass is 19.1. The lowest BCUT2D eigenvalue weighted by atomic mass is 10.1. The van der Waals surface area contributed by atoms with Crippen molar-refractivity contribution in [2.75, 3.05) is 0 Å². The van der Waals surface area contributed by atoms with Crippen molar-refractivity contribution in [3.05, 3.63) is 42.0 Å². The summed E-state index contributed by atoms with van der Waals surface area (Å²) >= 11 is 0. The summed E-state index contributed by atoms with van der Waals surface area (Å²) in [5.41, 5.74) is 0.779. The van der Waals surface area contributed by atoms with Crippen LogP contribution in [0.2, 0.25) is 0 Å². The molecule has 0 radical (unpaired) electrons. The summed E-state index contributed by atoms with van der Waals surface area (Å²) in [5, 5.41) is 0. The monoisotopic (exact) mass is 204 g/mol. The number of carbonyl (C=O) groups excluding carboxylic acids is 1. The molecule has 2 aromatic rings. The van der Waals surface area contributed by atoms with Crippen LogP contribution in [-0.4, -0.2) is 15.8 Å². The molecule has 0 saturated carbocycles. The first-order chi connectivity index (χ1) is 7.22. The van der Waals surface area contributed by atoms with Crippen LogP contribution in [0.5, 0.6) is 0 Å². The zero-order valence-electron chi connectivity index (χ0n) is 8.14. The molecule has 4 heteroatoms. The Bertz CT molecular complexity index is 505. The molecule has 76 valence electrons. The quantitative estimate of drug-likeness (QED) is 0.701. The topological polar surface area (TPSA) is 34.9 Å². The minimum Gasteiger partial charge on any atom is -0.334 e. The van der Waals surface area contributed by atoms with Crippen molar-refractivity contribution in [3.8, 4) is 11.4 Å². The van der Waals surface area contributed by atoms with E-state index in [-0.39, 0.29) is 5.56 Å². The van der Waals surface area contributed by atoms with E-state index in [1.165, 1.54) is 12.1 Å². The summed E-state index contributed by atoms with van der Waals surface area (Å²) in [5.74, 6) is 0.195. The zero-order valence-corrected chi connectivity index (χ0v) is 8.14. The maximum absolute atomic E-state index is 13.1. The first-order valence-corrected chi connectivity index (χ1v) is 4.45. The third-order valence-electron chi connectivity index (χ3n) is 2.20. The number of halogens is 1. The van der Waals surface area contributed by atoms with Gasteiger partial charge in [-0.1, -0.05) is 0 Å². The number of aromatic nitrogens is 2. The van der Waals surface area contributed by atoms with Gasteiger partial charge in [0.15, 0.2) is 6.29 Å². The molecule has 1 heterocycles. The Morgan fingerprint density at radius 3 is 2.87 bits per heavy atom. The van der Waals surface area contributed by atoms with Crippen LogP contribution in [-0.2, 0) is 7.05 Å². The first kappa shape index (κ1) is 9.58. The smallest absolute Gasteiger partial charge is 0.153 e. The van der Waals surface area contributed by atoms with Gasteiger partial charge in [0.2, 0.25) is 0 Å². The van der Waals surface area contributed by atoms with E-state index in [0.29, 0.717) is 12.1 Å². The van der Waals surface area contributed by atoms with E-state index in [4.69, 9.17) is 0 Å². The van der Waals surface area contributed by atoms with E-state index in [1.54, 1.807) is 18.5 Å². The predicted molar refractivity (Wildman–Crippen MR) is 54.0 cm³/mol. The third kappa shape index (κ3) is 1.66. The normalized spacial score (nSPS) is 10.3. The fourth-order valence-electron chi connectivity index (χ4n) is 1.42. The van der Waals surface area contributed by atoms with Crippen LogP contribution in [0.4, 0.5) is 4.39 Å². The van der Waals surface area contributed by atoms with E-state index in [2.05, 4.69) is 4.98 Å². The molecular formula is C11H9FN2O. The van der Waals surface area contributed by atoms with Gasteiger partial charge in [-0.05, 0) is 18.2 Å². The van der Waals surface area contributed by atoms with Crippen LogP contribution in [0.3, 0.4) is 0 Å². The van der Waals surface area contributed by atoms with E-state index in [1.807, 2.05) is 11.6 Å². The lowest BCUT2D eigenvalue weighted by Crippen LogP contribution is -1.94. The minimum atomic E-state index is -0.511. The maximum Gasteiger partial charge on any atom is 0.153 e. The second-order valence-electron chi connectivity index (χ2n) is 3.22. The molecule has 1 aromatic carbocycles.